The molecule has 0 aromatic heterocycles. The summed E-state index contributed by atoms with van der Waals surface area (Å²) in [6.45, 7) is 0. The zero-order chi connectivity index (χ0) is 19.3. The number of nitrogens with zero attached hydrogens (tertiary/aromatic N) is 2. The molecular formula is C20H12Cl2N2O3. The van der Waals surface area contributed by atoms with Crippen LogP contribution in [0, 0.1) is 0 Å². The summed E-state index contributed by atoms with van der Waals surface area (Å²) in [6, 6.07) is 14.4. The van der Waals surface area contributed by atoms with Gasteiger partial charge in [-0.15, -0.1) is 0 Å². The van der Waals surface area contributed by atoms with E-state index in [4.69, 9.17) is 23.2 Å². The lowest BCUT2D eigenvalue weighted by Crippen LogP contribution is -2.52. The normalized spacial score (nSPS) is 13.2. The van der Waals surface area contributed by atoms with Gasteiger partial charge >= 0.3 is 0 Å². The molecule has 0 unspecified atom stereocenters. The first kappa shape index (κ1) is 17.5. The number of carbonyl (C=O) groups is 3. The van der Waals surface area contributed by atoms with Gasteiger partial charge in [0.2, 0.25) is 0 Å². The van der Waals surface area contributed by atoms with Gasteiger partial charge in [0.25, 0.3) is 17.7 Å². The van der Waals surface area contributed by atoms with E-state index in [2.05, 4.69) is 0 Å². The van der Waals surface area contributed by atoms with Crippen LogP contribution in [0.5, 0.6) is 0 Å². The average molecular weight is 399 g/mol. The monoisotopic (exact) mass is 398 g/mol. The predicted octanol–water partition coefficient (Wildman–Crippen LogP) is 4.43. The lowest BCUT2D eigenvalue weighted by atomic mass is 9.95. The molecule has 0 N–H and O–H groups in total. The fraction of sp³-hybridized carbons (Fsp3) is 0.0500. The molecule has 0 saturated carbocycles. The third kappa shape index (κ3) is 2.67. The average Bonchev–Trinajstić information content (AvgIpc) is 2.67. The Balaban J connectivity index is 1.80. The molecule has 5 nitrogen and oxygen atoms in total. The molecule has 0 bridgehead atoms. The summed E-state index contributed by atoms with van der Waals surface area (Å²) in [5, 5.41) is 3.93. The highest BCUT2D eigenvalue weighted by molar-refractivity contribution is 6.38. The molecule has 3 aromatic carbocycles. The van der Waals surface area contributed by atoms with Crippen molar-refractivity contribution < 1.29 is 14.4 Å². The summed E-state index contributed by atoms with van der Waals surface area (Å²) in [6.07, 6.45) is 0. The minimum Gasteiger partial charge on any atom is -0.267 e. The fourth-order valence-electron chi connectivity index (χ4n) is 3.19. The van der Waals surface area contributed by atoms with E-state index in [0.29, 0.717) is 37.5 Å². The number of hydrogen-bond donors (Lipinski definition) is 0. The Hall–Kier alpha value is -2.89. The largest absolute Gasteiger partial charge is 0.280 e. The zero-order valence-electron chi connectivity index (χ0n) is 14.1. The highest BCUT2D eigenvalue weighted by Crippen LogP contribution is 2.34. The molecule has 27 heavy (non-hydrogen) atoms. The summed E-state index contributed by atoms with van der Waals surface area (Å²) in [5.74, 6) is -1.66. The highest BCUT2D eigenvalue weighted by Gasteiger charge is 2.37. The third-order valence-corrected chi connectivity index (χ3v) is 5.10. The van der Waals surface area contributed by atoms with Gasteiger partial charge in [-0.1, -0.05) is 35.3 Å². The van der Waals surface area contributed by atoms with Crippen LogP contribution >= 0.6 is 23.2 Å². The number of rotatable bonds is 2. The van der Waals surface area contributed by atoms with Crippen LogP contribution < -0.4 is 0 Å². The second-order valence-electron chi connectivity index (χ2n) is 6.08. The number of hydrogen-bond acceptors (Lipinski definition) is 3. The smallest absolute Gasteiger partial charge is 0.267 e. The zero-order valence-corrected chi connectivity index (χ0v) is 15.6. The minimum atomic E-state index is -0.579. The van der Waals surface area contributed by atoms with Gasteiger partial charge in [0.05, 0.1) is 11.1 Å². The number of amides is 3. The molecule has 3 amide bonds. The van der Waals surface area contributed by atoms with E-state index in [1.54, 1.807) is 42.5 Å². The summed E-state index contributed by atoms with van der Waals surface area (Å²) < 4.78 is 0. The highest BCUT2D eigenvalue weighted by atomic mass is 35.5. The summed E-state index contributed by atoms with van der Waals surface area (Å²) in [5.41, 5.74) is 0.948. The Morgan fingerprint density at radius 1 is 0.889 bits per heavy atom. The van der Waals surface area contributed by atoms with E-state index in [1.165, 1.54) is 19.2 Å². The quantitative estimate of drug-likeness (QED) is 0.599. The number of imide groups is 1. The number of halogens is 2. The third-order valence-electron chi connectivity index (χ3n) is 4.52. The van der Waals surface area contributed by atoms with Gasteiger partial charge in [0.15, 0.2) is 0 Å². The van der Waals surface area contributed by atoms with Crippen LogP contribution in [-0.2, 0) is 0 Å². The SMILES string of the molecule is CN(C(=O)c1ccc(Cl)cc1)N1C(=O)c2cccc3c(Cl)ccc(c23)C1=O. The molecule has 1 heterocycles. The van der Waals surface area contributed by atoms with Crippen LogP contribution in [0.4, 0.5) is 0 Å². The molecule has 1 aliphatic heterocycles. The van der Waals surface area contributed by atoms with Crippen LogP contribution in [0.3, 0.4) is 0 Å². The molecule has 3 aromatic rings. The van der Waals surface area contributed by atoms with E-state index in [-0.39, 0.29) is 0 Å². The number of benzene rings is 3. The van der Waals surface area contributed by atoms with Crippen molar-refractivity contribution in [2.24, 2.45) is 0 Å². The molecule has 0 atom stereocenters. The molecular weight excluding hydrogens is 387 g/mol. The van der Waals surface area contributed by atoms with Gasteiger partial charge in [-0.3, -0.25) is 14.4 Å². The lowest BCUT2D eigenvalue weighted by Gasteiger charge is -2.33. The summed E-state index contributed by atoms with van der Waals surface area (Å²) in [4.78, 5) is 38.8. The van der Waals surface area contributed by atoms with Crippen molar-refractivity contribution in [1.82, 2.24) is 10.0 Å². The van der Waals surface area contributed by atoms with Gasteiger partial charge < -0.3 is 0 Å². The number of hydrazine groups is 1. The fourth-order valence-corrected chi connectivity index (χ4v) is 3.54. The first-order valence-electron chi connectivity index (χ1n) is 8.03. The Bertz CT molecular complexity index is 1100. The van der Waals surface area contributed by atoms with E-state index in [9.17, 15) is 14.4 Å². The maximum absolute atomic E-state index is 13.0. The maximum Gasteiger partial charge on any atom is 0.280 e. The van der Waals surface area contributed by atoms with Crippen molar-refractivity contribution in [2.45, 2.75) is 0 Å². The lowest BCUT2D eigenvalue weighted by molar-refractivity contribution is 0.00894. The van der Waals surface area contributed by atoms with Crippen molar-refractivity contribution in [3.05, 3.63) is 81.3 Å². The predicted molar refractivity (Wildman–Crippen MR) is 103 cm³/mol. The second kappa shape index (κ2) is 6.37. The topological polar surface area (TPSA) is 57.7 Å². The van der Waals surface area contributed by atoms with Crippen molar-refractivity contribution in [2.75, 3.05) is 7.05 Å². The van der Waals surface area contributed by atoms with Crippen molar-refractivity contribution in [3.63, 3.8) is 0 Å². The summed E-state index contributed by atoms with van der Waals surface area (Å²) >= 11 is 12.1. The van der Waals surface area contributed by atoms with Gasteiger partial charge in [0.1, 0.15) is 0 Å². The van der Waals surface area contributed by atoms with Gasteiger partial charge in [-0.2, -0.15) is 5.01 Å². The second-order valence-corrected chi connectivity index (χ2v) is 6.92. The van der Waals surface area contributed by atoms with Gasteiger partial charge in [-0.05, 0) is 42.5 Å². The van der Waals surface area contributed by atoms with Crippen LogP contribution in [0.1, 0.15) is 31.1 Å². The Labute approximate surface area is 164 Å². The Morgan fingerprint density at radius 3 is 2.19 bits per heavy atom. The molecule has 0 aliphatic carbocycles. The van der Waals surface area contributed by atoms with Crippen molar-refractivity contribution in [1.29, 1.82) is 0 Å². The molecule has 4 rings (SSSR count). The molecule has 134 valence electrons. The van der Waals surface area contributed by atoms with Crippen molar-refractivity contribution >= 4 is 51.7 Å². The molecule has 1 aliphatic rings. The minimum absolute atomic E-state index is 0.308. The van der Waals surface area contributed by atoms with Gasteiger partial charge in [0, 0.05) is 33.4 Å². The maximum atomic E-state index is 13.0. The van der Waals surface area contributed by atoms with Crippen LogP contribution in [0.25, 0.3) is 10.8 Å². The molecule has 7 heteroatoms. The van der Waals surface area contributed by atoms with Crippen molar-refractivity contribution in [3.8, 4) is 0 Å². The molecule has 0 saturated heterocycles. The summed E-state index contributed by atoms with van der Waals surface area (Å²) in [7, 11) is 1.38. The Morgan fingerprint density at radius 2 is 1.52 bits per heavy atom. The van der Waals surface area contributed by atoms with Crippen LogP contribution in [0.15, 0.2) is 54.6 Å². The van der Waals surface area contributed by atoms with E-state index in [1.807, 2.05) is 0 Å². The molecule has 0 spiro atoms. The number of carbonyl (C=O) groups excluding carboxylic acids is 3. The van der Waals surface area contributed by atoms with Crippen LogP contribution in [-0.4, -0.2) is 34.8 Å². The van der Waals surface area contributed by atoms with E-state index < -0.39 is 17.7 Å². The molecule has 0 radical (unpaired) electrons. The van der Waals surface area contributed by atoms with E-state index in [0.717, 1.165) is 10.0 Å². The van der Waals surface area contributed by atoms with E-state index >= 15 is 0 Å². The van der Waals surface area contributed by atoms with Crippen LogP contribution in [0.2, 0.25) is 10.0 Å². The van der Waals surface area contributed by atoms with Gasteiger partial charge in [-0.25, -0.2) is 5.01 Å². The Kier molecular flexibility index (Phi) is 4.13. The standard InChI is InChI=1S/C20H12Cl2N2O3/c1-23(18(25)11-5-7-12(21)8-6-11)24-19(26)14-4-2-3-13-16(22)10-9-15(17(13)14)20(24)27/h2-10H,1H3. The first-order valence-corrected chi connectivity index (χ1v) is 8.79. The molecule has 0 fully saturated rings. The first-order chi connectivity index (χ1) is 12.9.